The largest absolute Gasteiger partial charge is 0.451 e. The van der Waals surface area contributed by atoms with Crippen LogP contribution in [0.1, 0.15) is 16.1 Å². The van der Waals surface area contributed by atoms with Gasteiger partial charge in [0.1, 0.15) is 12.1 Å². The van der Waals surface area contributed by atoms with E-state index in [4.69, 9.17) is 20.8 Å². The van der Waals surface area contributed by atoms with Gasteiger partial charge in [0.05, 0.1) is 19.4 Å². The van der Waals surface area contributed by atoms with Gasteiger partial charge in [-0.25, -0.2) is 5.43 Å². The average molecular weight is 465 g/mol. The van der Waals surface area contributed by atoms with Crippen LogP contribution >= 0.6 is 11.6 Å². The van der Waals surface area contributed by atoms with Crippen molar-refractivity contribution in [2.45, 2.75) is 6.54 Å². The highest BCUT2D eigenvalue weighted by molar-refractivity contribution is 6.31. The number of benzene rings is 2. The number of morpholine rings is 1. The van der Waals surface area contributed by atoms with E-state index < -0.39 is 5.91 Å². The van der Waals surface area contributed by atoms with Crippen LogP contribution < -0.4 is 5.43 Å². The summed E-state index contributed by atoms with van der Waals surface area (Å²) >= 11 is 5.99. The summed E-state index contributed by atoms with van der Waals surface area (Å²) < 4.78 is 12.8. The van der Waals surface area contributed by atoms with Gasteiger partial charge in [0.25, 0.3) is 0 Å². The maximum Gasteiger partial charge on any atom is 0.307 e. The van der Waals surface area contributed by atoms with Crippen LogP contribution in [0.3, 0.4) is 0 Å². The Bertz CT molecular complexity index is 1370. The summed E-state index contributed by atoms with van der Waals surface area (Å²) in [4.78, 5) is 27.0. The molecule has 0 atom stereocenters. The molecule has 0 unspecified atom stereocenters. The van der Waals surface area contributed by atoms with Crippen molar-refractivity contribution in [3.05, 3.63) is 71.1 Å². The Hall–Kier alpha value is -3.62. The number of hydrazone groups is 1. The van der Waals surface area contributed by atoms with Gasteiger partial charge in [-0.05, 0) is 30.3 Å². The van der Waals surface area contributed by atoms with Crippen molar-refractivity contribution < 1.29 is 18.7 Å². The molecule has 168 valence electrons. The second-order valence-corrected chi connectivity index (χ2v) is 8.15. The second-order valence-electron chi connectivity index (χ2n) is 7.71. The van der Waals surface area contributed by atoms with Crippen molar-refractivity contribution in [1.29, 1.82) is 0 Å². The summed E-state index contributed by atoms with van der Waals surface area (Å²) in [6, 6.07) is 14.5. The zero-order valence-corrected chi connectivity index (χ0v) is 18.4. The molecule has 0 radical (unpaired) electrons. The molecule has 0 saturated carbocycles. The smallest absolute Gasteiger partial charge is 0.307 e. The number of para-hydroxylation sites is 1. The number of rotatable bonds is 5. The fourth-order valence-corrected chi connectivity index (χ4v) is 4.09. The number of hydrogen-bond acceptors (Lipinski definition) is 5. The fourth-order valence-electron chi connectivity index (χ4n) is 3.91. The van der Waals surface area contributed by atoms with Gasteiger partial charge in [0.15, 0.2) is 5.76 Å². The van der Waals surface area contributed by atoms with Crippen molar-refractivity contribution >= 4 is 51.5 Å². The van der Waals surface area contributed by atoms with E-state index in [1.165, 1.54) is 0 Å². The Morgan fingerprint density at radius 1 is 1.12 bits per heavy atom. The van der Waals surface area contributed by atoms with Crippen molar-refractivity contribution in [2.24, 2.45) is 5.10 Å². The van der Waals surface area contributed by atoms with E-state index in [-0.39, 0.29) is 18.2 Å². The van der Waals surface area contributed by atoms with E-state index in [1.807, 2.05) is 39.9 Å². The van der Waals surface area contributed by atoms with Crippen molar-refractivity contribution in [2.75, 3.05) is 26.3 Å². The lowest BCUT2D eigenvalue weighted by atomic mass is 10.2. The maximum absolute atomic E-state index is 12.7. The quantitative estimate of drug-likeness (QED) is 0.360. The summed E-state index contributed by atoms with van der Waals surface area (Å²) in [6.45, 7) is 2.56. The lowest BCUT2D eigenvalue weighted by molar-refractivity contribution is -0.135. The number of nitrogens with zero attached hydrogens (tertiary/aromatic N) is 3. The monoisotopic (exact) mass is 464 g/mol. The normalized spacial score (nSPS) is 14.4. The number of aromatic nitrogens is 1. The molecule has 5 rings (SSSR count). The average Bonchev–Trinajstić information content (AvgIpc) is 3.41. The molecule has 4 aromatic rings. The first kappa shape index (κ1) is 21.2. The molecule has 2 aromatic carbocycles. The summed E-state index contributed by atoms with van der Waals surface area (Å²) in [6.07, 6.45) is 3.43. The van der Waals surface area contributed by atoms with E-state index in [0.29, 0.717) is 36.9 Å². The van der Waals surface area contributed by atoms with Gasteiger partial charge in [0, 0.05) is 46.2 Å². The number of ether oxygens (including phenoxy) is 1. The lowest BCUT2D eigenvalue weighted by Crippen LogP contribution is -2.42. The molecule has 9 heteroatoms. The molecule has 1 fully saturated rings. The zero-order chi connectivity index (χ0) is 22.8. The van der Waals surface area contributed by atoms with Gasteiger partial charge in [-0.3, -0.25) is 9.59 Å². The van der Waals surface area contributed by atoms with Gasteiger partial charge < -0.3 is 18.6 Å². The molecule has 2 amide bonds. The molecule has 1 aliphatic rings. The number of carbonyl (C=O) groups excluding carboxylic acids is 2. The van der Waals surface area contributed by atoms with Crippen LogP contribution in [0.2, 0.25) is 5.02 Å². The van der Waals surface area contributed by atoms with Crippen LogP contribution in [0.4, 0.5) is 0 Å². The molecule has 1 N–H and O–H groups in total. The van der Waals surface area contributed by atoms with Gasteiger partial charge >= 0.3 is 5.91 Å². The summed E-state index contributed by atoms with van der Waals surface area (Å²) in [5.41, 5.74) is 4.77. The molecule has 1 saturated heterocycles. The predicted octanol–water partition coefficient (Wildman–Crippen LogP) is 3.66. The van der Waals surface area contributed by atoms with Crippen LogP contribution in [0.15, 0.2) is 64.2 Å². The minimum Gasteiger partial charge on any atom is -0.451 e. The fraction of sp³-hybridized carbons (Fsp3) is 0.208. The SMILES string of the molecule is O=C(N/N=C\c1cn(CC(=O)N2CCOCC2)c2ccccc12)c1cc2cc(Cl)ccc2o1. The van der Waals surface area contributed by atoms with Gasteiger partial charge in [-0.15, -0.1) is 0 Å². The molecule has 1 aliphatic heterocycles. The first-order valence-electron chi connectivity index (χ1n) is 10.5. The van der Waals surface area contributed by atoms with Crippen molar-refractivity contribution in [1.82, 2.24) is 14.9 Å². The number of furan rings is 1. The molecular weight excluding hydrogens is 444 g/mol. The Balaban J connectivity index is 1.32. The van der Waals surface area contributed by atoms with E-state index in [2.05, 4.69) is 10.5 Å². The van der Waals surface area contributed by atoms with Crippen LogP contribution in [-0.4, -0.2) is 53.8 Å². The van der Waals surface area contributed by atoms with E-state index in [0.717, 1.165) is 21.9 Å². The third-order valence-electron chi connectivity index (χ3n) is 5.56. The van der Waals surface area contributed by atoms with Crippen LogP contribution in [0.5, 0.6) is 0 Å². The Morgan fingerprint density at radius 2 is 1.94 bits per heavy atom. The summed E-state index contributed by atoms with van der Waals surface area (Å²) in [5.74, 6) is -0.284. The van der Waals surface area contributed by atoms with Crippen LogP contribution in [-0.2, 0) is 16.1 Å². The Morgan fingerprint density at radius 3 is 2.79 bits per heavy atom. The maximum atomic E-state index is 12.7. The first-order chi connectivity index (χ1) is 16.1. The minimum atomic E-state index is -0.468. The highest BCUT2D eigenvalue weighted by atomic mass is 35.5. The standard InChI is InChI=1S/C24H21ClN4O4/c25-18-5-6-21-16(11-18)12-22(33-21)24(31)27-26-13-17-14-29(20-4-2-1-3-19(17)20)15-23(30)28-7-9-32-10-8-28/h1-6,11-14H,7-10,15H2,(H,27,31)/b26-13-. The zero-order valence-electron chi connectivity index (χ0n) is 17.7. The Labute approximate surface area is 194 Å². The summed E-state index contributed by atoms with van der Waals surface area (Å²) in [5, 5.41) is 6.34. The number of fused-ring (bicyclic) bond motifs is 2. The number of halogens is 1. The molecule has 0 spiro atoms. The first-order valence-corrected chi connectivity index (χ1v) is 10.9. The van der Waals surface area contributed by atoms with Crippen LogP contribution in [0.25, 0.3) is 21.9 Å². The van der Waals surface area contributed by atoms with Crippen LogP contribution in [0, 0.1) is 0 Å². The van der Waals surface area contributed by atoms with Crippen molar-refractivity contribution in [3.8, 4) is 0 Å². The number of carbonyl (C=O) groups is 2. The number of amides is 2. The second kappa shape index (κ2) is 9.09. The van der Waals surface area contributed by atoms with E-state index in [9.17, 15) is 9.59 Å². The van der Waals surface area contributed by atoms with Gasteiger partial charge in [-0.1, -0.05) is 29.8 Å². The highest BCUT2D eigenvalue weighted by Gasteiger charge is 2.18. The molecule has 3 heterocycles. The Kier molecular flexibility index (Phi) is 5.85. The summed E-state index contributed by atoms with van der Waals surface area (Å²) in [7, 11) is 0. The minimum absolute atomic E-state index is 0.0424. The van der Waals surface area contributed by atoms with E-state index >= 15 is 0 Å². The number of hydrogen-bond donors (Lipinski definition) is 1. The molecule has 0 bridgehead atoms. The molecule has 33 heavy (non-hydrogen) atoms. The molecular formula is C24H21ClN4O4. The molecule has 8 nitrogen and oxygen atoms in total. The van der Waals surface area contributed by atoms with Gasteiger partial charge in [-0.2, -0.15) is 5.10 Å². The van der Waals surface area contributed by atoms with Gasteiger partial charge in [0.2, 0.25) is 5.91 Å². The molecule has 0 aliphatic carbocycles. The lowest BCUT2D eigenvalue weighted by Gasteiger charge is -2.27. The van der Waals surface area contributed by atoms with Crippen molar-refractivity contribution in [3.63, 3.8) is 0 Å². The predicted molar refractivity (Wildman–Crippen MR) is 126 cm³/mol. The van der Waals surface area contributed by atoms with E-state index in [1.54, 1.807) is 30.5 Å². The number of nitrogens with one attached hydrogen (secondary N) is 1. The third-order valence-corrected chi connectivity index (χ3v) is 5.80. The highest BCUT2D eigenvalue weighted by Crippen LogP contribution is 2.23. The molecule has 2 aromatic heterocycles. The topological polar surface area (TPSA) is 89.1 Å². The third kappa shape index (κ3) is 4.48.